The van der Waals surface area contributed by atoms with Crippen molar-refractivity contribution in [3.63, 3.8) is 0 Å². The number of nitro benzene ring substituents is 1. The van der Waals surface area contributed by atoms with Gasteiger partial charge in [0.1, 0.15) is 0 Å². The Morgan fingerprint density at radius 3 is 2.07 bits per heavy atom. The number of nitro groups is 1. The number of nitrogens with one attached hydrogen (secondary N) is 2. The Bertz CT molecular complexity index is 911. The second kappa shape index (κ2) is 8.83. The normalized spacial score (nSPS) is 12.2. The molecule has 2 N–H and O–H groups in total. The lowest BCUT2D eigenvalue weighted by Gasteiger charge is -2.14. The third kappa shape index (κ3) is 5.18. The van der Waals surface area contributed by atoms with Gasteiger partial charge in [-0.1, -0.05) is 6.92 Å². The van der Waals surface area contributed by atoms with Gasteiger partial charge < -0.3 is 10.6 Å². The maximum Gasteiger partial charge on any atom is 0.319 e. The van der Waals surface area contributed by atoms with E-state index in [1.54, 1.807) is 0 Å². The summed E-state index contributed by atoms with van der Waals surface area (Å²) in [7, 11) is -3.82. The summed E-state index contributed by atoms with van der Waals surface area (Å²) in [6, 6.07) is 9.66. The van der Waals surface area contributed by atoms with Crippen molar-refractivity contribution in [2.24, 2.45) is 0 Å². The van der Waals surface area contributed by atoms with Crippen LogP contribution < -0.4 is 10.6 Å². The van der Waals surface area contributed by atoms with Crippen LogP contribution in [-0.2, 0) is 9.84 Å². The molecule has 0 aliphatic heterocycles. The number of carbonyl (C=O) groups excluding carboxylic acids is 1. The van der Waals surface area contributed by atoms with Gasteiger partial charge in [0.15, 0.2) is 0 Å². The second-order valence-corrected chi connectivity index (χ2v) is 7.90. The van der Waals surface area contributed by atoms with Crippen LogP contribution in [0.3, 0.4) is 0 Å². The topological polar surface area (TPSA) is 118 Å². The average molecular weight is 412 g/mol. The van der Waals surface area contributed by atoms with E-state index in [0.29, 0.717) is 12.1 Å². The fraction of sp³-hybridized carbons (Fsp3) is 0.235. The summed E-state index contributed by atoms with van der Waals surface area (Å²) in [6.45, 7) is 1.89. The lowest BCUT2D eigenvalue weighted by molar-refractivity contribution is -0.384. The standard InChI is InChI=1S/C17H18ClN3O5S/c1-2-12(11-18)19-17(22)20-13-3-7-15(8-4-13)27(25,26)16-9-5-14(6-10-16)21(23)24/h3-10,12H,2,11H2,1H3,(H2,19,20,22). The summed E-state index contributed by atoms with van der Waals surface area (Å²) in [6.07, 6.45) is 0.684. The first-order valence-electron chi connectivity index (χ1n) is 8.01. The predicted octanol–water partition coefficient (Wildman–Crippen LogP) is 3.57. The van der Waals surface area contributed by atoms with Gasteiger partial charge in [-0.25, -0.2) is 13.2 Å². The third-order valence-corrected chi connectivity index (χ3v) is 5.95. The molecule has 2 rings (SSSR count). The van der Waals surface area contributed by atoms with Crippen LogP contribution in [0, 0.1) is 10.1 Å². The zero-order valence-corrected chi connectivity index (χ0v) is 16.0. The van der Waals surface area contributed by atoms with Gasteiger partial charge in [0, 0.05) is 29.7 Å². The van der Waals surface area contributed by atoms with Gasteiger partial charge in [0.25, 0.3) is 5.69 Å². The highest BCUT2D eigenvalue weighted by Gasteiger charge is 2.19. The van der Waals surface area contributed by atoms with E-state index in [4.69, 9.17) is 11.6 Å². The van der Waals surface area contributed by atoms with Crippen LogP contribution in [0.1, 0.15) is 13.3 Å². The van der Waals surface area contributed by atoms with E-state index in [-0.39, 0.29) is 27.4 Å². The molecule has 2 amide bonds. The maximum atomic E-state index is 12.6. The van der Waals surface area contributed by atoms with E-state index in [1.165, 1.54) is 36.4 Å². The molecule has 1 atom stereocenters. The Labute approximate surface area is 161 Å². The van der Waals surface area contributed by atoms with Crippen molar-refractivity contribution in [3.05, 3.63) is 58.6 Å². The number of rotatable bonds is 7. The van der Waals surface area contributed by atoms with Crippen molar-refractivity contribution < 1.29 is 18.1 Å². The van der Waals surface area contributed by atoms with Gasteiger partial charge in [0.05, 0.1) is 14.7 Å². The van der Waals surface area contributed by atoms with E-state index in [9.17, 15) is 23.3 Å². The minimum absolute atomic E-state index is 0.00880. The number of non-ortho nitro benzene ring substituents is 1. The largest absolute Gasteiger partial charge is 0.334 e. The number of benzene rings is 2. The first-order valence-corrected chi connectivity index (χ1v) is 10.0. The Morgan fingerprint density at radius 1 is 1.11 bits per heavy atom. The van der Waals surface area contributed by atoms with Crippen molar-refractivity contribution in [2.45, 2.75) is 29.2 Å². The molecular weight excluding hydrogens is 394 g/mol. The highest BCUT2D eigenvalue weighted by molar-refractivity contribution is 7.91. The molecule has 8 nitrogen and oxygen atoms in total. The minimum atomic E-state index is -3.82. The Morgan fingerprint density at radius 2 is 1.63 bits per heavy atom. The molecule has 0 fully saturated rings. The molecule has 10 heteroatoms. The first kappa shape index (κ1) is 20.7. The van der Waals surface area contributed by atoms with Crippen LogP contribution in [0.5, 0.6) is 0 Å². The summed E-state index contributed by atoms with van der Waals surface area (Å²) < 4.78 is 25.2. The lowest BCUT2D eigenvalue weighted by atomic mass is 10.2. The monoisotopic (exact) mass is 411 g/mol. The number of alkyl halides is 1. The average Bonchev–Trinajstić information content (AvgIpc) is 2.66. The summed E-state index contributed by atoms with van der Waals surface area (Å²) >= 11 is 5.72. The quantitative estimate of drug-likeness (QED) is 0.410. The predicted molar refractivity (Wildman–Crippen MR) is 102 cm³/mol. The molecule has 0 radical (unpaired) electrons. The van der Waals surface area contributed by atoms with Crippen molar-refractivity contribution in [1.82, 2.24) is 5.32 Å². The second-order valence-electron chi connectivity index (χ2n) is 5.64. The summed E-state index contributed by atoms with van der Waals surface area (Å²) in [5.74, 6) is 0.288. The van der Waals surface area contributed by atoms with Crippen molar-refractivity contribution >= 4 is 38.8 Å². The van der Waals surface area contributed by atoms with Crippen LogP contribution in [-0.4, -0.2) is 31.3 Å². The summed E-state index contributed by atoms with van der Waals surface area (Å²) in [5, 5.41) is 16.0. The molecule has 0 saturated carbocycles. The van der Waals surface area contributed by atoms with Gasteiger partial charge in [-0.15, -0.1) is 11.6 Å². The molecule has 144 valence electrons. The van der Waals surface area contributed by atoms with Crippen LogP contribution in [0.15, 0.2) is 58.3 Å². The maximum absolute atomic E-state index is 12.6. The lowest BCUT2D eigenvalue weighted by Crippen LogP contribution is -2.38. The van der Waals surface area contributed by atoms with E-state index in [2.05, 4.69) is 10.6 Å². The number of amides is 2. The van der Waals surface area contributed by atoms with Crippen LogP contribution in [0.4, 0.5) is 16.2 Å². The molecule has 0 aliphatic carbocycles. The van der Waals surface area contributed by atoms with E-state index in [0.717, 1.165) is 12.1 Å². The van der Waals surface area contributed by atoms with Gasteiger partial charge in [-0.3, -0.25) is 10.1 Å². The number of nitrogens with zero attached hydrogens (tertiary/aromatic N) is 1. The number of urea groups is 1. The van der Waals surface area contributed by atoms with E-state index >= 15 is 0 Å². The molecule has 27 heavy (non-hydrogen) atoms. The SMILES string of the molecule is CCC(CCl)NC(=O)Nc1ccc(S(=O)(=O)c2ccc([N+](=O)[O-])cc2)cc1. The molecule has 0 aliphatic rings. The van der Waals surface area contributed by atoms with E-state index < -0.39 is 20.8 Å². The fourth-order valence-corrected chi connectivity index (χ4v) is 3.76. The zero-order valence-electron chi connectivity index (χ0n) is 14.4. The molecule has 1 unspecified atom stereocenters. The molecule has 2 aromatic carbocycles. The van der Waals surface area contributed by atoms with Crippen molar-refractivity contribution in [2.75, 3.05) is 11.2 Å². The first-order chi connectivity index (χ1) is 12.8. The minimum Gasteiger partial charge on any atom is -0.334 e. The van der Waals surface area contributed by atoms with Crippen molar-refractivity contribution in [3.8, 4) is 0 Å². The Balaban J connectivity index is 2.13. The Hall–Kier alpha value is -2.65. The highest BCUT2D eigenvalue weighted by Crippen LogP contribution is 2.24. The van der Waals surface area contributed by atoms with Crippen LogP contribution in [0.25, 0.3) is 0 Å². The van der Waals surface area contributed by atoms with Gasteiger partial charge in [0.2, 0.25) is 9.84 Å². The fourth-order valence-electron chi connectivity index (χ4n) is 2.20. The number of halogens is 1. The van der Waals surface area contributed by atoms with Crippen molar-refractivity contribution in [1.29, 1.82) is 0 Å². The number of carbonyl (C=O) groups is 1. The molecule has 0 bridgehead atoms. The third-order valence-electron chi connectivity index (χ3n) is 3.79. The summed E-state index contributed by atoms with van der Waals surface area (Å²) in [5.41, 5.74) is 0.224. The van der Waals surface area contributed by atoms with Gasteiger partial charge >= 0.3 is 6.03 Å². The molecular formula is C17H18ClN3O5S. The number of sulfone groups is 1. The zero-order chi connectivity index (χ0) is 20.0. The smallest absolute Gasteiger partial charge is 0.319 e. The summed E-state index contributed by atoms with van der Waals surface area (Å²) in [4.78, 5) is 21.9. The van der Waals surface area contributed by atoms with Gasteiger partial charge in [-0.05, 0) is 42.8 Å². The number of hydrogen-bond acceptors (Lipinski definition) is 5. The molecule has 2 aromatic rings. The number of anilines is 1. The molecule has 0 saturated heterocycles. The molecule has 0 spiro atoms. The molecule has 0 aromatic heterocycles. The Kier molecular flexibility index (Phi) is 6.75. The molecule has 0 heterocycles. The van der Waals surface area contributed by atoms with Gasteiger partial charge in [-0.2, -0.15) is 0 Å². The highest BCUT2D eigenvalue weighted by atomic mass is 35.5. The van der Waals surface area contributed by atoms with Crippen LogP contribution in [0.2, 0.25) is 0 Å². The van der Waals surface area contributed by atoms with Crippen LogP contribution >= 0.6 is 11.6 Å². The number of hydrogen-bond donors (Lipinski definition) is 2. The van der Waals surface area contributed by atoms with E-state index in [1.807, 2.05) is 6.92 Å².